The normalized spacial score (nSPS) is 17.9. The molecule has 180 valence electrons. The molecule has 0 aromatic heterocycles. The van der Waals surface area contributed by atoms with Gasteiger partial charge in [-0.25, -0.2) is 0 Å². The highest BCUT2D eigenvalue weighted by molar-refractivity contribution is 6.21. The van der Waals surface area contributed by atoms with Gasteiger partial charge in [0.2, 0.25) is 0 Å². The number of nitrogens with zero attached hydrogens (tertiary/aromatic N) is 2. The molecule has 7 heteroatoms. The average Bonchev–Trinajstić information content (AvgIpc) is 3.36. The molecule has 2 aliphatic carbocycles. The van der Waals surface area contributed by atoms with E-state index in [9.17, 15) is 24.7 Å². The van der Waals surface area contributed by atoms with Gasteiger partial charge in [0, 0.05) is 13.0 Å². The summed E-state index contributed by atoms with van der Waals surface area (Å²) in [4.78, 5) is 38.3. The molecule has 0 bridgehead atoms. The zero-order valence-corrected chi connectivity index (χ0v) is 19.5. The number of imide groups is 1. The minimum atomic E-state index is -0.994. The lowest BCUT2D eigenvalue weighted by Gasteiger charge is -2.17. The number of carbonyl (C=O) groups excluding carboxylic acids is 2. The first kappa shape index (κ1) is 23.0. The summed E-state index contributed by atoms with van der Waals surface area (Å²) in [6.07, 6.45) is 6.27. The summed E-state index contributed by atoms with van der Waals surface area (Å²) in [7, 11) is 0. The number of amides is 2. The molecule has 0 fully saturated rings. The number of aliphatic carboxylic acids is 1. The number of oxime groups is 1. The smallest absolute Gasteiger partial charge is 0.306 e. The molecule has 1 aliphatic heterocycles. The Kier molecular flexibility index (Phi) is 6.24. The minimum absolute atomic E-state index is 0.0693. The first-order valence-electron chi connectivity index (χ1n) is 12.2. The van der Waals surface area contributed by atoms with E-state index in [1.807, 2.05) is 12.1 Å². The second kappa shape index (κ2) is 9.49. The summed E-state index contributed by atoms with van der Waals surface area (Å²) in [6, 6.07) is 12.7. The number of carbonyl (C=O) groups is 3. The first-order chi connectivity index (χ1) is 17.0. The summed E-state index contributed by atoms with van der Waals surface area (Å²) in [6.45, 7) is 0.151. The molecule has 2 N–H and O–H groups in total. The molecular formula is C28H28N2O5. The number of allylic oxidation sites excluding steroid dienone is 2. The molecule has 2 amide bonds. The van der Waals surface area contributed by atoms with Gasteiger partial charge in [-0.15, -0.1) is 0 Å². The van der Waals surface area contributed by atoms with Crippen LogP contribution in [-0.4, -0.2) is 45.3 Å². The van der Waals surface area contributed by atoms with Crippen molar-refractivity contribution in [2.75, 3.05) is 6.54 Å². The molecule has 0 spiro atoms. The molecule has 1 atom stereocenters. The third-order valence-corrected chi connectivity index (χ3v) is 7.47. The van der Waals surface area contributed by atoms with Crippen molar-refractivity contribution in [3.63, 3.8) is 0 Å². The van der Waals surface area contributed by atoms with Crippen LogP contribution in [0, 0.1) is 5.92 Å². The fraction of sp³-hybridized carbons (Fsp3) is 0.357. The van der Waals surface area contributed by atoms with Crippen molar-refractivity contribution in [3.05, 3.63) is 75.9 Å². The van der Waals surface area contributed by atoms with Gasteiger partial charge in [0.15, 0.2) is 0 Å². The number of hydrogen-bond donors (Lipinski definition) is 2. The van der Waals surface area contributed by atoms with Gasteiger partial charge in [-0.2, -0.15) is 0 Å². The first-order valence-corrected chi connectivity index (χ1v) is 12.2. The minimum Gasteiger partial charge on any atom is -0.481 e. The van der Waals surface area contributed by atoms with Crippen LogP contribution in [0.1, 0.15) is 82.4 Å². The maximum atomic E-state index is 12.5. The lowest BCUT2D eigenvalue weighted by Crippen LogP contribution is -2.31. The van der Waals surface area contributed by atoms with Gasteiger partial charge < -0.3 is 10.3 Å². The van der Waals surface area contributed by atoms with E-state index in [-0.39, 0.29) is 31.2 Å². The third kappa shape index (κ3) is 4.27. The lowest BCUT2D eigenvalue weighted by molar-refractivity contribution is -0.141. The summed E-state index contributed by atoms with van der Waals surface area (Å²) >= 11 is 0. The summed E-state index contributed by atoms with van der Waals surface area (Å²) < 4.78 is 0. The van der Waals surface area contributed by atoms with E-state index < -0.39 is 11.9 Å². The van der Waals surface area contributed by atoms with E-state index in [1.54, 1.807) is 24.3 Å². The van der Waals surface area contributed by atoms with Gasteiger partial charge in [-0.3, -0.25) is 19.3 Å². The SMILES string of the molecule is O=C(O)C(CCCN1C(=O)c2ccccc2C1=O)C/C(=N/O)c1ccc2c(c1)CC1=C2CCCC1. The van der Waals surface area contributed by atoms with Crippen molar-refractivity contribution in [2.45, 2.75) is 51.4 Å². The number of fused-ring (bicyclic) bond motifs is 3. The molecule has 0 saturated carbocycles. The highest BCUT2D eigenvalue weighted by Gasteiger charge is 2.35. The number of benzene rings is 2. The van der Waals surface area contributed by atoms with Gasteiger partial charge in [-0.1, -0.05) is 35.0 Å². The third-order valence-electron chi connectivity index (χ3n) is 7.47. The second-order valence-electron chi connectivity index (χ2n) is 9.57. The van der Waals surface area contributed by atoms with E-state index in [0.717, 1.165) is 24.8 Å². The zero-order chi connectivity index (χ0) is 24.5. The number of hydrogen-bond acceptors (Lipinski definition) is 5. The van der Waals surface area contributed by atoms with Gasteiger partial charge in [0.05, 0.1) is 22.8 Å². The van der Waals surface area contributed by atoms with Gasteiger partial charge in [-0.05, 0) is 85.4 Å². The van der Waals surface area contributed by atoms with Gasteiger partial charge in [0.1, 0.15) is 0 Å². The van der Waals surface area contributed by atoms with E-state index in [4.69, 9.17) is 0 Å². The molecule has 2 aromatic carbocycles. The van der Waals surface area contributed by atoms with Gasteiger partial charge >= 0.3 is 5.97 Å². The zero-order valence-electron chi connectivity index (χ0n) is 19.5. The molecule has 1 unspecified atom stereocenters. The summed E-state index contributed by atoms with van der Waals surface area (Å²) in [5, 5.41) is 23.0. The van der Waals surface area contributed by atoms with Crippen LogP contribution in [0.3, 0.4) is 0 Å². The second-order valence-corrected chi connectivity index (χ2v) is 9.57. The van der Waals surface area contributed by atoms with Crippen molar-refractivity contribution in [1.29, 1.82) is 0 Å². The number of rotatable bonds is 8. The summed E-state index contributed by atoms with van der Waals surface area (Å²) in [5.74, 6) is -2.48. The summed E-state index contributed by atoms with van der Waals surface area (Å²) in [5.41, 5.74) is 7.29. The van der Waals surface area contributed by atoms with Crippen molar-refractivity contribution < 1.29 is 24.7 Å². The van der Waals surface area contributed by atoms with E-state index >= 15 is 0 Å². The lowest BCUT2D eigenvalue weighted by atomic mass is 9.90. The van der Waals surface area contributed by atoms with Crippen molar-refractivity contribution >= 4 is 29.1 Å². The fourth-order valence-electron chi connectivity index (χ4n) is 5.63. The van der Waals surface area contributed by atoms with Crippen LogP contribution in [0.4, 0.5) is 0 Å². The largest absolute Gasteiger partial charge is 0.481 e. The van der Waals surface area contributed by atoms with Crippen molar-refractivity contribution in [1.82, 2.24) is 4.90 Å². The van der Waals surface area contributed by atoms with Crippen LogP contribution in [0.5, 0.6) is 0 Å². The van der Waals surface area contributed by atoms with Crippen LogP contribution < -0.4 is 0 Å². The Bertz CT molecular complexity index is 1240. The molecule has 35 heavy (non-hydrogen) atoms. The van der Waals surface area contributed by atoms with Gasteiger partial charge in [0.25, 0.3) is 11.8 Å². The molecular weight excluding hydrogens is 444 g/mol. The monoisotopic (exact) mass is 472 g/mol. The maximum absolute atomic E-state index is 12.5. The molecule has 3 aliphatic rings. The Balaban J connectivity index is 1.23. The van der Waals surface area contributed by atoms with E-state index in [0.29, 0.717) is 23.3 Å². The highest BCUT2D eigenvalue weighted by atomic mass is 16.4. The van der Waals surface area contributed by atoms with Crippen LogP contribution in [0.15, 0.2) is 53.2 Å². The Labute approximate surface area is 203 Å². The standard InChI is InChI=1S/C28H28N2O5/c31-26-23-9-3-4-10-24(23)27(32)30(26)13-5-7-19(28(33)34)16-25(29-35)18-11-12-22-20(15-18)14-17-6-1-2-8-21(17)22/h3-4,9-12,15,19,35H,1-2,5-8,13-14,16H2,(H,33,34)/b29-25-. The highest BCUT2D eigenvalue weighted by Crippen LogP contribution is 2.41. The Morgan fingerprint density at radius 2 is 1.71 bits per heavy atom. The topological polar surface area (TPSA) is 107 Å². The Morgan fingerprint density at radius 1 is 1.00 bits per heavy atom. The van der Waals surface area contributed by atoms with Crippen LogP contribution >= 0.6 is 0 Å². The van der Waals surface area contributed by atoms with E-state index in [2.05, 4.69) is 11.2 Å². The molecule has 7 nitrogen and oxygen atoms in total. The molecule has 5 rings (SSSR count). The maximum Gasteiger partial charge on any atom is 0.306 e. The quantitative estimate of drug-likeness (QED) is 0.246. The molecule has 0 radical (unpaired) electrons. The number of carboxylic acids is 1. The number of carboxylic acid groups (broad SMARTS) is 1. The molecule has 1 heterocycles. The average molecular weight is 473 g/mol. The van der Waals surface area contributed by atoms with Crippen LogP contribution in [0.2, 0.25) is 0 Å². The Morgan fingerprint density at radius 3 is 2.40 bits per heavy atom. The molecule has 2 aromatic rings. The Hall–Kier alpha value is -3.74. The van der Waals surface area contributed by atoms with E-state index in [1.165, 1.54) is 40.0 Å². The van der Waals surface area contributed by atoms with Crippen molar-refractivity contribution in [2.24, 2.45) is 11.1 Å². The van der Waals surface area contributed by atoms with Crippen LogP contribution in [-0.2, 0) is 11.2 Å². The van der Waals surface area contributed by atoms with Crippen molar-refractivity contribution in [3.8, 4) is 0 Å². The predicted molar refractivity (Wildman–Crippen MR) is 131 cm³/mol. The van der Waals surface area contributed by atoms with Crippen LogP contribution in [0.25, 0.3) is 5.57 Å². The fourth-order valence-corrected chi connectivity index (χ4v) is 5.63. The molecule has 0 saturated heterocycles. The predicted octanol–water partition coefficient (Wildman–Crippen LogP) is 4.92.